The van der Waals surface area contributed by atoms with Gasteiger partial charge in [-0.2, -0.15) is 23.0 Å². The van der Waals surface area contributed by atoms with Gasteiger partial charge in [0.2, 0.25) is 0 Å². The Labute approximate surface area is 184 Å². The molecule has 1 N–H and O–H groups in total. The minimum atomic E-state index is -4.29. The number of azo groups is 1. The number of alkyl halides is 1. The third-order valence-electron chi connectivity index (χ3n) is 3.70. The maximum atomic E-state index is 13.2. The van der Waals surface area contributed by atoms with Gasteiger partial charge in [-0.25, -0.2) is 9.59 Å². The molecule has 1 atom stereocenters. The van der Waals surface area contributed by atoms with E-state index in [2.05, 4.69) is 10.2 Å². The van der Waals surface area contributed by atoms with Gasteiger partial charge in [0.25, 0.3) is 13.6 Å². The number of halogens is 1. The first-order chi connectivity index (χ1) is 13.4. The van der Waals surface area contributed by atoms with Gasteiger partial charge >= 0.3 is 12.1 Å². The van der Waals surface area contributed by atoms with Gasteiger partial charge < -0.3 is 9.84 Å². The number of carboxylic acid groups (broad SMARTS) is 1. The average Bonchev–Trinajstić information content (AvgIpc) is 3.23. The fourth-order valence-electron chi connectivity index (χ4n) is 2.48. The monoisotopic (exact) mass is 549 g/mol. The standard InChI is InChI=1S/C17H16IN3O6S2/c1-16(2,3)27-15(24)21(29(25,26)13-5-4-8-28-13)10-6-7-12-11(9-10)17(18,14(22)23)20-19-12/h4-9H,1-3H3,(H,22,23). The number of rotatable bonds is 4. The number of thiophene rings is 1. The molecule has 0 spiro atoms. The first kappa shape index (κ1) is 21.6. The third kappa shape index (κ3) is 4.00. The quantitative estimate of drug-likeness (QED) is 0.336. The maximum absolute atomic E-state index is 13.2. The van der Waals surface area contributed by atoms with E-state index >= 15 is 0 Å². The molecular weight excluding hydrogens is 533 g/mol. The van der Waals surface area contributed by atoms with Crippen LogP contribution in [0.4, 0.5) is 16.2 Å². The Bertz CT molecular complexity index is 1110. The van der Waals surface area contributed by atoms with Crippen LogP contribution in [0.25, 0.3) is 0 Å². The van der Waals surface area contributed by atoms with Crippen LogP contribution in [-0.4, -0.2) is 31.2 Å². The molecule has 2 heterocycles. The van der Waals surface area contributed by atoms with Crippen LogP contribution in [0.5, 0.6) is 0 Å². The molecule has 0 radical (unpaired) electrons. The summed E-state index contributed by atoms with van der Waals surface area (Å²) in [6.45, 7) is 4.84. The van der Waals surface area contributed by atoms with Crippen LogP contribution < -0.4 is 4.31 Å². The summed E-state index contributed by atoms with van der Waals surface area (Å²) >= 11 is 2.56. The summed E-state index contributed by atoms with van der Waals surface area (Å²) in [6, 6.07) is 6.97. The zero-order chi connectivity index (χ0) is 21.6. The zero-order valence-corrected chi connectivity index (χ0v) is 19.3. The molecule has 0 fully saturated rings. The van der Waals surface area contributed by atoms with E-state index in [4.69, 9.17) is 4.74 Å². The van der Waals surface area contributed by atoms with Crippen molar-refractivity contribution >= 4 is 67.4 Å². The summed E-state index contributed by atoms with van der Waals surface area (Å²) < 4.78 is 30.4. The van der Waals surface area contributed by atoms with Crippen LogP contribution in [0.1, 0.15) is 26.3 Å². The lowest BCUT2D eigenvalue weighted by Crippen LogP contribution is -2.41. The van der Waals surface area contributed by atoms with E-state index in [1.807, 2.05) is 0 Å². The van der Waals surface area contributed by atoms with Gasteiger partial charge in [0.15, 0.2) is 0 Å². The minimum Gasteiger partial charge on any atom is -0.479 e. The van der Waals surface area contributed by atoms with Crippen LogP contribution in [0.3, 0.4) is 0 Å². The SMILES string of the molecule is CC(C)(C)OC(=O)N(c1ccc2c(c1)C(I)(C(=O)O)N=N2)S(=O)(=O)c1cccs1. The Balaban J connectivity index is 2.16. The van der Waals surface area contributed by atoms with Crippen LogP contribution >= 0.6 is 33.9 Å². The summed E-state index contributed by atoms with van der Waals surface area (Å²) in [4.78, 5) is 24.6. The van der Waals surface area contributed by atoms with Gasteiger partial charge in [-0.05, 0) is 73.0 Å². The Kier molecular flexibility index (Phi) is 5.47. The van der Waals surface area contributed by atoms with E-state index in [0.29, 0.717) is 4.31 Å². The molecule has 3 rings (SSSR count). The van der Waals surface area contributed by atoms with Crippen molar-refractivity contribution in [3.63, 3.8) is 0 Å². The Morgan fingerprint density at radius 3 is 2.52 bits per heavy atom. The Morgan fingerprint density at radius 2 is 1.97 bits per heavy atom. The van der Waals surface area contributed by atoms with E-state index in [1.165, 1.54) is 24.3 Å². The Morgan fingerprint density at radius 1 is 1.28 bits per heavy atom. The number of nitrogens with zero attached hydrogens (tertiary/aromatic N) is 3. The van der Waals surface area contributed by atoms with E-state index in [-0.39, 0.29) is 21.1 Å². The summed E-state index contributed by atoms with van der Waals surface area (Å²) in [6.07, 6.45) is -1.10. The van der Waals surface area contributed by atoms with Crippen molar-refractivity contribution in [1.82, 2.24) is 0 Å². The largest absolute Gasteiger partial charge is 0.479 e. The van der Waals surface area contributed by atoms with Gasteiger partial charge in [-0.15, -0.1) is 11.3 Å². The highest BCUT2D eigenvalue weighted by atomic mass is 127. The highest BCUT2D eigenvalue weighted by molar-refractivity contribution is 14.1. The van der Waals surface area contributed by atoms with Crippen LogP contribution in [0, 0.1) is 0 Å². The van der Waals surface area contributed by atoms with Gasteiger partial charge in [0.05, 0.1) is 11.4 Å². The van der Waals surface area contributed by atoms with Crippen molar-refractivity contribution in [2.75, 3.05) is 4.31 Å². The average molecular weight is 549 g/mol. The van der Waals surface area contributed by atoms with E-state index in [1.54, 1.807) is 54.8 Å². The molecular formula is C17H16IN3O6S2. The predicted molar refractivity (Wildman–Crippen MR) is 115 cm³/mol. The van der Waals surface area contributed by atoms with Crippen molar-refractivity contribution in [3.05, 3.63) is 41.3 Å². The van der Waals surface area contributed by atoms with Gasteiger partial charge in [0, 0.05) is 5.56 Å². The van der Waals surface area contributed by atoms with E-state index in [0.717, 1.165) is 11.3 Å². The van der Waals surface area contributed by atoms with Crippen molar-refractivity contribution in [2.45, 2.75) is 34.1 Å². The molecule has 154 valence electrons. The number of aliphatic carboxylic acids is 1. The fourth-order valence-corrected chi connectivity index (χ4v) is 5.40. The first-order valence-corrected chi connectivity index (χ1v) is 11.6. The molecule has 0 bridgehead atoms. The van der Waals surface area contributed by atoms with Crippen molar-refractivity contribution in [2.24, 2.45) is 10.2 Å². The van der Waals surface area contributed by atoms with E-state index in [9.17, 15) is 23.1 Å². The molecule has 29 heavy (non-hydrogen) atoms. The fraction of sp³-hybridized carbons (Fsp3) is 0.294. The molecule has 1 amide bonds. The number of carbonyl (C=O) groups is 2. The first-order valence-electron chi connectivity index (χ1n) is 8.18. The normalized spacial score (nSPS) is 18.3. The number of fused-ring (bicyclic) bond motifs is 1. The number of benzene rings is 1. The second-order valence-electron chi connectivity index (χ2n) is 7.01. The number of carboxylic acids is 1. The minimum absolute atomic E-state index is 0.0581. The molecule has 1 aliphatic heterocycles. The van der Waals surface area contributed by atoms with Gasteiger partial charge in [0.1, 0.15) is 9.81 Å². The third-order valence-corrected chi connectivity index (χ3v) is 8.03. The molecule has 1 unspecified atom stereocenters. The van der Waals surface area contributed by atoms with Crippen LogP contribution in [-0.2, 0) is 23.1 Å². The molecule has 0 aliphatic carbocycles. The molecule has 12 heteroatoms. The molecule has 9 nitrogen and oxygen atoms in total. The van der Waals surface area contributed by atoms with Crippen molar-refractivity contribution in [3.8, 4) is 0 Å². The lowest BCUT2D eigenvalue weighted by atomic mass is 10.1. The van der Waals surface area contributed by atoms with Gasteiger partial charge in [-0.3, -0.25) is 0 Å². The topological polar surface area (TPSA) is 126 Å². The second-order valence-corrected chi connectivity index (χ2v) is 11.5. The predicted octanol–water partition coefficient (Wildman–Crippen LogP) is 4.65. The summed E-state index contributed by atoms with van der Waals surface area (Å²) in [5.41, 5.74) is -0.572. The van der Waals surface area contributed by atoms with E-state index < -0.39 is 31.2 Å². The number of carbonyl (C=O) groups excluding carboxylic acids is 1. The molecule has 1 aromatic carbocycles. The number of amides is 1. The maximum Gasteiger partial charge on any atom is 0.429 e. The number of ether oxygens (including phenoxy) is 1. The number of hydrogen-bond donors (Lipinski definition) is 1. The smallest absolute Gasteiger partial charge is 0.429 e. The number of hydrogen-bond acceptors (Lipinski definition) is 8. The molecule has 1 aliphatic rings. The molecule has 0 saturated carbocycles. The lowest BCUT2D eigenvalue weighted by molar-refractivity contribution is -0.139. The highest BCUT2D eigenvalue weighted by Gasteiger charge is 2.45. The lowest BCUT2D eigenvalue weighted by Gasteiger charge is -2.27. The number of sulfonamides is 1. The second kappa shape index (κ2) is 7.32. The van der Waals surface area contributed by atoms with Crippen molar-refractivity contribution in [1.29, 1.82) is 0 Å². The molecule has 0 saturated heterocycles. The Hall–Kier alpha value is -2.06. The summed E-state index contributed by atoms with van der Waals surface area (Å²) in [5, 5.41) is 18.7. The van der Waals surface area contributed by atoms with Gasteiger partial charge in [-0.1, -0.05) is 6.07 Å². The molecule has 1 aromatic heterocycles. The van der Waals surface area contributed by atoms with Crippen LogP contribution in [0.2, 0.25) is 0 Å². The number of anilines is 1. The highest BCUT2D eigenvalue weighted by Crippen LogP contribution is 2.47. The molecule has 2 aromatic rings. The van der Waals surface area contributed by atoms with Crippen LogP contribution in [0.15, 0.2) is 50.1 Å². The zero-order valence-electron chi connectivity index (χ0n) is 15.5. The summed E-state index contributed by atoms with van der Waals surface area (Å²) in [5.74, 6) is -1.26. The summed E-state index contributed by atoms with van der Waals surface area (Å²) in [7, 11) is -4.29. The van der Waals surface area contributed by atoms with Crippen molar-refractivity contribution < 1.29 is 27.9 Å².